The third-order valence-electron chi connectivity index (χ3n) is 0.347. The zero-order valence-corrected chi connectivity index (χ0v) is 5.29. The fourth-order valence-corrected chi connectivity index (χ4v) is 0.919. The molecule has 0 bridgehead atoms. The van der Waals surface area contributed by atoms with Crippen LogP contribution < -0.4 is 0 Å². The molecule has 0 spiro atoms. The van der Waals surface area contributed by atoms with Gasteiger partial charge in [0.05, 0.1) is 0 Å². The van der Waals surface area contributed by atoms with E-state index in [1.165, 1.54) is 6.29 Å². The van der Waals surface area contributed by atoms with Gasteiger partial charge in [-0.25, -0.2) is 0 Å². The molecule has 0 aromatic carbocycles. The fourth-order valence-electron chi connectivity index (χ4n) is 0.164. The van der Waals surface area contributed by atoms with Gasteiger partial charge >= 0.3 is 45.9 Å². The molecule has 1 aliphatic rings. The molecule has 0 fully saturated rings. The number of allylic oxidation sites excluding steroid dienone is 1. The van der Waals surface area contributed by atoms with Gasteiger partial charge in [-0.3, -0.25) is 0 Å². The Morgan fingerprint density at radius 2 is 2.67 bits per heavy atom. The van der Waals surface area contributed by atoms with Gasteiger partial charge in [-0.1, -0.05) is 0 Å². The average Bonchev–Trinajstić information content (AvgIpc) is 1.72. The summed E-state index contributed by atoms with van der Waals surface area (Å²) in [6.07, 6.45) is 3.38. The monoisotopic (exact) mass is 199 g/mol. The Labute approximate surface area is 46.2 Å². The van der Waals surface area contributed by atoms with Crippen molar-refractivity contribution >= 4 is 27.9 Å². The molecular formula is C3H4IO2+. The Kier molecular flexibility index (Phi) is 1.49. The Morgan fingerprint density at radius 3 is 2.83 bits per heavy atom. The zero-order chi connectivity index (χ0) is 4.24. The molecule has 34 valence electrons. The van der Waals surface area contributed by atoms with E-state index in [9.17, 15) is 0 Å². The molecule has 0 aromatic heterocycles. The third kappa shape index (κ3) is 0.965. The van der Waals surface area contributed by atoms with E-state index in [0.29, 0.717) is 0 Å². The molecule has 0 radical (unpaired) electrons. The van der Waals surface area contributed by atoms with Crippen LogP contribution in [-0.4, -0.2) is 6.29 Å². The standard InChI is InChI=1S/C3H4IO2/c1-2-4-6-5-3-1/h1-4H/q+1. The predicted molar refractivity (Wildman–Crippen MR) is 31.7 cm³/mol. The molecular weight excluding hydrogens is 195 g/mol. The second kappa shape index (κ2) is 2.17. The summed E-state index contributed by atoms with van der Waals surface area (Å²) in [5, 5.41) is 0. The van der Waals surface area contributed by atoms with Crippen molar-refractivity contribution in [3.8, 4) is 0 Å². The normalized spacial score (nSPS) is 18.7. The second-order valence-corrected chi connectivity index (χ2v) is 2.44. The van der Waals surface area contributed by atoms with Crippen LogP contribution in [0.2, 0.25) is 0 Å². The maximum absolute atomic E-state index is 4.56. The summed E-state index contributed by atoms with van der Waals surface area (Å²) in [7, 11) is 0. The van der Waals surface area contributed by atoms with E-state index >= 15 is 0 Å². The molecule has 0 aromatic rings. The first-order valence-electron chi connectivity index (χ1n) is 1.47. The van der Waals surface area contributed by atoms with E-state index in [2.05, 4.69) is 7.79 Å². The molecule has 0 atom stereocenters. The van der Waals surface area contributed by atoms with E-state index in [4.69, 9.17) is 0 Å². The topological polar surface area (TPSA) is 20.5 Å². The van der Waals surface area contributed by atoms with Crippen molar-refractivity contribution in [3.05, 3.63) is 10.2 Å². The van der Waals surface area contributed by atoms with Crippen LogP contribution in [0.4, 0.5) is 0 Å². The summed E-state index contributed by atoms with van der Waals surface area (Å²) < 4.78 is 11.0. The molecule has 1 heterocycles. The van der Waals surface area contributed by atoms with E-state index in [-0.39, 0.29) is 21.6 Å². The van der Waals surface area contributed by atoms with Crippen molar-refractivity contribution in [1.29, 1.82) is 0 Å². The van der Waals surface area contributed by atoms with Crippen molar-refractivity contribution < 1.29 is 7.79 Å². The predicted octanol–water partition coefficient (Wildman–Crippen LogP) is 0.798. The third-order valence-corrected chi connectivity index (χ3v) is 1.56. The Bertz CT molecular complexity index is 74.8. The summed E-state index contributed by atoms with van der Waals surface area (Å²) in [6.45, 7) is 0. The summed E-state index contributed by atoms with van der Waals surface area (Å²) in [5.74, 6) is 0. The second-order valence-electron chi connectivity index (χ2n) is 0.725. The molecule has 0 unspecified atom stereocenters. The molecule has 0 amide bonds. The number of carbonyl (C=O) groups excluding carboxylic acids is 1. The van der Waals surface area contributed by atoms with Crippen molar-refractivity contribution in [2.24, 2.45) is 0 Å². The number of hydrogen-bond donors (Lipinski definition) is 0. The van der Waals surface area contributed by atoms with E-state index < -0.39 is 0 Å². The van der Waals surface area contributed by atoms with Gasteiger partial charge in [0.25, 0.3) is 0 Å². The van der Waals surface area contributed by atoms with Gasteiger partial charge in [-0.2, -0.15) is 0 Å². The van der Waals surface area contributed by atoms with Crippen LogP contribution in [0, 0.1) is 0 Å². The molecule has 2 nitrogen and oxygen atoms in total. The van der Waals surface area contributed by atoms with Crippen LogP contribution in [-0.2, 0) is 7.79 Å². The van der Waals surface area contributed by atoms with Gasteiger partial charge in [0, 0.05) is 0 Å². The van der Waals surface area contributed by atoms with Crippen LogP contribution in [0.15, 0.2) is 10.2 Å². The van der Waals surface area contributed by atoms with Crippen molar-refractivity contribution in [2.75, 3.05) is 0 Å². The number of hydrogen-bond acceptors (Lipinski definition) is 1. The van der Waals surface area contributed by atoms with E-state index in [1.54, 1.807) is 0 Å². The Morgan fingerprint density at radius 1 is 1.67 bits per heavy atom. The van der Waals surface area contributed by atoms with Crippen molar-refractivity contribution in [2.45, 2.75) is 0 Å². The van der Waals surface area contributed by atoms with Gasteiger partial charge in [-0.15, -0.1) is 0 Å². The minimum atomic E-state index is -0.362. The van der Waals surface area contributed by atoms with Gasteiger partial charge < -0.3 is 0 Å². The molecule has 0 saturated heterocycles. The SMILES string of the molecule is C1=C[IH]O[O+]=C1. The summed E-state index contributed by atoms with van der Waals surface area (Å²) >= 11 is -0.362. The van der Waals surface area contributed by atoms with Gasteiger partial charge in [0.15, 0.2) is 0 Å². The van der Waals surface area contributed by atoms with Crippen LogP contribution in [0.1, 0.15) is 0 Å². The molecule has 1 rings (SSSR count). The Balaban J connectivity index is 2.46. The number of rotatable bonds is 0. The fraction of sp³-hybridized carbons (Fsp3) is 0. The van der Waals surface area contributed by atoms with Gasteiger partial charge in [0.1, 0.15) is 0 Å². The zero-order valence-electron chi connectivity index (χ0n) is 2.96. The minimum absolute atomic E-state index is 0.362. The average molecular weight is 199 g/mol. The quantitative estimate of drug-likeness (QED) is 0.244. The summed E-state index contributed by atoms with van der Waals surface area (Å²) in [4.78, 5) is 0. The molecule has 0 N–H and O–H groups in total. The number of aldehydes is 1. The van der Waals surface area contributed by atoms with Crippen molar-refractivity contribution in [1.82, 2.24) is 0 Å². The Hall–Kier alpha value is -0.0600. The maximum atomic E-state index is 4.56. The van der Waals surface area contributed by atoms with Crippen LogP contribution in [0.5, 0.6) is 0 Å². The summed E-state index contributed by atoms with van der Waals surface area (Å²) in [5.41, 5.74) is 0. The van der Waals surface area contributed by atoms with Crippen LogP contribution in [0.25, 0.3) is 0 Å². The molecule has 0 saturated carbocycles. The van der Waals surface area contributed by atoms with Crippen molar-refractivity contribution in [3.63, 3.8) is 0 Å². The number of halogens is 1. The molecule has 3 heteroatoms. The van der Waals surface area contributed by atoms with E-state index in [1.807, 2.05) is 10.2 Å². The van der Waals surface area contributed by atoms with Gasteiger partial charge in [-0.05, 0) is 0 Å². The molecule has 1 aliphatic heterocycles. The molecule has 0 aliphatic carbocycles. The van der Waals surface area contributed by atoms with Gasteiger partial charge in [0.2, 0.25) is 0 Å². The summed E-state index contributed by atoms with van der Waals surface area (Å²) in [6, 6.07) is 0. The first-order chi connectivity index (χ1) is 3.00. The first kappa shape index (κ1) is 4.11. The van der Waals surface area contributed by atoms with Crippen LogP contribution >= 0.6 is 21.6 Å². The van der Waals surface area contributed by atoms with Crippen LogP contribution in [0.3, 0.4) is 0 Å². The molecule has 6 heavy (non-hydrogen) atoms. The van der Waals surface area contributed by atoms with E-state index in [0.717, 1.165) is 0 Å². The first-order valence-corrected chi connectivity index (χ1v) is 3.77.